The monoisotopic (exact) mass is 340 g/mol. The van der Waals surface area contributed by atoms with Crippen molar-refractivity contribution in [2.45, 2.75) is 13.5 Å². The number of nitrogens with zero attached hydrogens (tertiary/aromatic N) is 1. The van der Waals surface area contributed by atoms with Crippen LogP contribution in [-0.2, 0) is 6.54 Å². The second-order valence-corrected chi connectivity index (χ2v) is 5.39. The van der Waals surface area contributed by atoms with Crippen molar-refractivity contribution in [1.29, 1.82) is 0 Å². The summed E-state index contributed by atoms with van der Waals surface area (Å²) in [6.45, 7) is 2.76. The number of aromatic nitrogens is 1. The zero-order valence-electron chi connectivity index (χ0n) is 10.7. The minimum absolute atomic E-state index is 0.570. The van der Waals surface area contributed by atoms with E-state index in [2.05, 4.69) is 26.2 Å². The van der Waals surface area contributed by atoms with Crippen LogP contribution in [-0.4, -0.2) is 12.0 Å². The van der Waals surface area contributed by atoms with Crippen LogP contribution in [0.1, 0.15) is 11.3 Å². The molecule has 0 spiro atoms. The first-order valence-electron chi connectivity index (χ1n) is 5.84. The van der Waals surface area contributed by atoms with Crippen molar-refractivity contribution in [3.05, 3.63) is 51.1 Å². The lowest BCUT2D eigenvalue weighted by Gasteiger charge is -2.10. The van der Waals surface area contributed by atoms with Gasteiger partial charge in [-0.15, -0.1) is 0 Å². The number of aryl methyl sites for hydroxylation is 1. The third-order valence-electron chi connectivity index (χ3n) is 2.65. The molecule has 0 saturated carbocycles. The van der Waals surface area contributed by atoms with Gasteiger partial charge in [0.05, 0.1) is 4.47 Å². The normalized spacial score (nSPS) is 10.5. The molecular formula is C14H14BrClN2O. The summed E-state index contributed by atoms with van der Waals surface area (Å²) in [6.07, 6.45) is 0. The molecule has 3 nitrogen and oxygen atoms in total. The molecule has 1 N–H and O–H groups in total. The van der Waals surface area contributed by atoms with Crippen LogP contribution >= 0.6 is 27.5 Å². The largest absolute Gasteiger partial charge is 0.438 e. The third kappa shape index (κ3) is 3.69. The number of ether oxygens (including phenoxy) is 1. The fourth-order valence-electron chi connectivity index (χ4n) is 1.67. The Bertz CT molecular complexity index is 590. The van der Waals surface area contributed by atoms with Gasteiger partial charge in [0.2, 0.25) is 5.88 Å². The van der Waals surface area contributed by atoms with Gasteiger partial charge in [0.1, 0.15) is 5.75 Å². The minimum atomic E-state index is 0.570. The van der Waals surface area contributed by atoms with Gasteiger partial charge in [-0.2, -0.15) is 0 Å². The van der Waals surface area contributed by atoms with E-state index in [0.29, 0.717) is 16.7 Å². The molecule has 2 rings (SSSR count). The molecule has 0 bridgehead atoms. The van der Waals surface area contributed by atoms with Crippen molar-refractivity contribution in [3.63, 3.8) is 0 Å². The lowest BCUT2D eigenvalue weighted by atomic mass is 10.2. The molecule has 0 aliphatic carbocycles. The molecule has 0 atom stereocenters. The van der Waals surface area contributed by atoms with Gasteiger partial charge in [0.15, 0.2) is 0 Å². The molecule has 1 aromatic carbocycles. The van der Waals surface area contributed by atoms with Crippen LogP contribution in [0.5, 0.6) is 11.6 Å². The van der Waals surface area contributed by atoms with E-state index < -0.39 is 0 Å². The van der Waals surface area contributed by atoms with E-state index in [1.807, 2.05) is 32.2 Å². The molecule has 0 saturated heterocycles. The fraction of sp³-hybridized carbons (Fsp3) is 0.214. The van der Waals surface area contributed by atoms with Crippen molar-refractivity contribution in [1.82, 2.24) is 10.3 Å². The van der Waals surface area contributed by atoms with Gasteiger partial charge in [0, 0.05) is 23.3 Å². The molecule has 0 radical (unpaired) electrons. The van der Waals surface area contributed by atoms with Gasteiger partial charge in [-0.1, -0.05) is 17.7 Å². The zero-order chi connectivity index (χ0) is 13.8. The predicted octanol–water partition coefficient (Wildman–Crippen LogP) is 4.32. The summed E-state index contributed by atoms with van der Waals surface area (Å²) in [7, 11) is 1.91. The summed E-state index contributed by atoms with van der Waals surface area (Å²) in [4.78, 5) is 4.43. The average molecular weight is 342 g/mol. The molecule has 2 aromatic rings. The Morgan fingerprint density at radius 1 is 1.32 bits per heavy atom. The summed E-state index contributed by atoms with van der Waals surface area (Å²) in [5, 5.41) is 3.77. The molecule has 5 heteroatoms. The topological polar surface area (TPSA) is 34.1 Å². The van der Waals surface area contributed by atoms with Crippen LogP contribution in [0.2, 0.25) is 5.02 Å². The van der Waals surface area contributed by atoms with E-state index in [9.17, 15) is 0 Å². The van der Waals surface area contributed by atoms with E-state index in [0.717, 1.165) is 22.3 Å². The fourth-order valence-corrected chi connectivity index (χ4v) is 2.44. The van der Waals surface area contributed by atoms with Crippen molar-refractivity contribution >= 4 is 27.5 Å². The van der Waals surface area contributed by atoms with E-state index in [1.165, 1.54) is 0 Å². The zero-order valence-corrected chi connectivity index (χ0v) is 13.0. The van der Waals surface area contributed by atoms with Crippen molar-refractivity contribution in [2.75, 3.05) is 7.05 Å². The highest BCUT2D eigenvalue weighted by Gasteiger charge is 2.06. The number of nitrogens with one attached hydrogen (secondary N) is 1. The molecule has 0 fully saturated rings. The Morgan fingerprint density at radius 2 is 2.11 bits per heavy atom. The highest BCUT2D eigenvalue weighted by atomic mass is 79.9. The van der Waals surface area contributed by atoms with Crippen LogP contribution in [0.3, 0.4) is 0 Å². The first-order valence-corrected chi connectivity index (χ1v) is 7.01. The number of hydrogen-bond acceptors (Lipinski definition) is 3. The summed E-state index contributed by atoms with van der Waals surface area (Å²) in [6, 6.07) is 9.26. The number of benzene rings is 1. The van der Waals surface area contributed by atoms with Crippen molar-refractivity contribution in [3.8, 4) is 11.6 Å². The summed E-state index contributed by atoms with van der Waals surface area (Å²) in [5.41, 5.74) is 2.11. The summed E-state index contributed by atoms with van der Waals surface area (Å²) >= 11 is 9.31. The van der Waals surface area contributed by atoms with Gasteiger partial charge in [-0.25, -0.2) is 4.98 Å². The second kappa shape index (κ2) is 6.37. The van der Waals surface area contributed by atoms with Crippen LogP contribution in [0, 0.1) is 6.92 Å². The lowest BCUT2D eigenvalue weighted by Crippen LogP contribution is -2.07. The Hall–Kier alpha value is -1.10. The van der Waals surface area contributed by atoms with Crippen LogP contribution in [0.15, 0.2) is 34.8 Å². The first-order chi connectivity index (χ1) is 9.10. The molecule has 1 heterocycles. The first kappa shape index (κ1) is 14.3. The van der Waals surface area contributed by atoms with E-state index in [1.54, 1.807) is 12.1 Å². The average Bonchev–Trinajstić information content (AvgIpc) is 2.36. The molecular weight excluding hydrogens is 328 g/mol. The Morgan fingerprint density at radius 3 is 2.74 bits per heavy atom. The molecule has 0 unspecified atom stereocenters. The number of hydrogen-bond donors (Lipinski definition) is 1. The van der Waals surface area contributed by atoms with Crippen molar-refractivity contribution in [2.24, 2.45) is 0 Å². The SMILES string of the molecule is CNCc1ccc(Oc2ccc(Cl)cc2Br)nc1C. The highest BCUT2D eigenvalue weighted by Crippen LogP contribution is 2.31. The van der Waals surface area contributed by atoms with E-state index in [-0.39, 0.29) is 0 Å². The van der Waals surface area contributed by atoms with Crippen LogP contribution in [0.25, 0.3) is 0 Å². The lowest BCUT2D eigenvalue weighted by molar-refractivity contribution is 0.458. The maximum absolute atomic E-state index is 5.89. The quantitative estimate of drug-likeness (QED) is 0.899. The van der Waals surface area contributed by atoms with Gasteiger partial charge in [-0.3, -0.25) is 0 Å². The van der Waals surface area contributed by atoms with Gasteiger partial charge in [-0.05, 0) is 53.7 Å². The Kier molecular flexibility index (Phi) is 4.80. The predicted molar refractivity (Wildman–Crippen MR) is 81.0 cm³/mol. The smallest absolute Gasteiger partial charge is 0.219 e. The Labute approximate surface area is 126 Å². The van der Waals surface area contributed by atoms with Crippen LogP contribution < -0.4 is 10.1 Å². The van der Waals surface area contributed by atoms with Crippen LogP contribution in [0.4, 0.5) is 0 Å². The van der Waals surface area contributed by atoms with E-state index in [4.69, 9.17) is 16.3 Å². The van der Waals surface area contributed by atoms with Crippen molar-refractivity contribution < 1.29 is 4.74 Å². The Balaban J connectivity index is 2.21. The third-order valence-corrected chi connectivity index (χ3v) is 3.50. The summed E-state index contributed by atoms with van der Waals surface area (Å²) in [5.74, 6) is 1.26. The maximum atomic E-state index is 5.89. The molecule has 0 aliphatic rings. The number of pyridine rings is 1. The molecule has 0 aliphatic heterocycles. The van der Waals surface area contributed by atoms with E-state index >= 15 is 0 Å². The molecule has 19 heavy (non-hydrogen) atoms. The number of halogens is 2. The minimum Gasteiger partial charge on any atom is -0.438 e. The maximum Gasteiger partial charge on any atom is 0.219 e. The number of rotatable bonds is 4. The molecule has 100 valence electrons. The summed E-state index contributed by atoms with van der Waals surface area (Å²) < 4.78 is 6.55. The van der Waals surface area contributed by atoms with Gasteiger partial charge >= 0.3 is 0 Å². The van der Waals surface area contributed by atoms with Gasteiger partial charge in [0.25, 0.3) is 0 Å². The molecule has 1 aromatic heterocycles. The standard InChI is InChI=1S/C14H14BrClN2O/c1-9-10(8-17-2)3-6-14(18-9)19-13-5-4-11(16)7-12(13)15/h3-7,17H,8H2,1-2H3. The highest BCUT2D eigenvalue weighted by molar-refractivity contribution is 9.10. The second-order valence-electron chi connectivity index (χ2n) is 4.10. The molecule has 0 amide bonds. The van der Waals surface area contributed by atoms with Gasteiger partial charge < -0.3 is 10.1 Å².